The van der Waals surface area contributed by atoms with Gasteiger partial charge in [-0.1, -0.05) is 6.92 Å². The van der Waals surface area contributed by atoms with Crippen molar-refractivity contribution < 1.29 is 9.21 Å². The van der Waals surface area contributed by atoms with E-state index in [-0.39, 0.29) is 30.0 Å². The summed E-state index contributed by atoms with van der Waals surface area (Å²) in [6.45, 7) is 3.81. The first-order chi connectivity index (χ1) is 9.72. The number of rotatable bonds is 4. The van der Waals surface area contributed by atoms with Gasteiger partial charge in [0.2, 0.25) is 5.91 Å². The zero-order chi connectivity index (χ0) is 14.1. The molecule has 2 aliphatic heterocycles. The smallest absolute Gasteiger partial charge is 0.224 e. The molecule has 2 aliphatic rings. The van der Waals surface area contributed by atoms with Crippen LogP contribution in [-0.4, -0.2) is 36.0 Å². The molecule has 0 spiro atoms. The van der Waals surface area contributed by atoms with Crippen LogP contribution in [0.1, 0.15) is 38.0 Å². The Morgan fingerprint density at radius 3 is 3.15 bits per heavy atom. The predicted molar refractivity (Wildman–Crippen MR) is 75.9 cm³/mol. The number of furan rings is 1. The number of fused-ring (bicyclic) bond motifs is 1. The molecular weight excluding hydrogens is 254 g/mol. The molecule has 2 saturated heterocycles. The minimum absolute atomic E-state index is 0.0237. The molecule has 3 rings (SSSR count). The number of likely N-dealkylation sites (tertiary alicyclic amines) is 1. The molecule has 110 valence electrons. The molecule has 4 atom stereocenters. The molecule has 0 aromatic carbocycles. The Morgan fingerprint density at radius 1 is 1.60 bits per heavy atom. The molecule has 2 fully saturated rings. The van der Waals surface area contributed by atoms with Crippen LogP contribution >= 0.6 is 0 Å². The van der Waals surface area contributed by atoms with E-state index < -0.39 is 0 Å². The summed E-state index contributed by atoms with van der Waals surface area (Å²) in [7, 11) is 0. The Bertz CT molecular complexity index is 460. The quantitative estimate of drug-likeness (QED) is 0.869. The highest BCUT2D eigenvalue weighted by Gasteiger charge is 2.44. The number of carbonyl (C=O) groups excluding carboxylic acids is 1. The molecule has 5 nitrogen and oxygen atoms in total. The second-order valence-electron chi connectivity index (χ2n) is 5.83. The summed E-state index contributed by atoms with van der Waals surface area (Å²) in [5, 5.41) is 3.00. The van der Waals surface area contributed by atoms with Crippen molar-refractivity contribution in [2.24, 2.45) is 11.7 Å². The molecule has 3 N–H and O–H groups in total. The van der Waals surface area contributed by atoms with Crippen LogP contribution in [0, 0.1) is 5.92 Å². The number of nitrogens with two attached hydrogens (primary N) is 1. The molecule has 1 aromatic rings. The first-order valence-corrected chi connectivity index (χ1v) is 7.54. The van der Waals surface area contributed by atoms with Crippen molar-refractivity contribution in [1.29, 1.82) is 0 Å². The highest BCUT2D eigenvalue weighted by atomic mass is 16.3. The maximum atomic E-state index is 11.9. The van der Waals surface area contributed by atoms with E-state index in [1.165, 1.54) is 0 Å². The first-order valence-electron chi connectivity index (χ1n) is 7.54. The van der Waals surface area contributed by atoms with Crippen LogP contribution < -0.4 is 11.1 Å². The second kappa shape index (κ2) is 5.58. The normalized spacial score (nSPS) is 29.8. The molecule has 0 saturated carbocycles. The average molecular weight is 277 g/mol. The Kier molecular flexibility index (Phi) is 3.81. The summed E-state index contributed by atoms with van der Waals surface area (Å²) in [6.07, 6.45) is 4.62. The standard InChI is InChI=1S/C15H23N3O2/c1-2-11(16)14(13-6-4-8-20-13)18-7-3-5-10-12(18)9-17-15(10)19/h4,6,8,10-12,14H,2-3,5,7,9,16H2,1H3,(H,17,19). The van der Waals surface area contributed by atoms with Gasteiger partial charge in [-0.15, -0.1) is 0 Å². The van der Waals surface area contributed by atoms with Gasteiger partial charge in [0.15, 0.2) is 0 Å². The van der Waals surface area contributed by atoms with Crippen molar-refractivity contribution in [2.45, 2.75) is 44.3 Å². The molecule has 1 amide bonds. The van der Waals surface area contributed by atoms with Gasteiger partial charge in [0.05, 0.1) is 18.2 Å². The van der Waals surface area contributed by atoms with E-state index in [9.17, 15) is 4.79 Å². The Morgan fingerprint density at radius 2 is 2.45 bits per heavy atom. The molecule has 1 aromatic heterocycles. The number of piperidine rings is 1. The number of hydrogen-bond acceptors (Lipinski definition) is 4. The Hall–Kier alpha value is -1.33. The minimum Gasteiger partial charge on any atom is -0.468 e. The van der Waals surface area contributed by atoms with E-state index >= 15 is 0 Å². The number of carbonyl (C=O) groups is 1. The zero-order valence-electron chi connectivity index (χ0n) is 11.9. The van der Waals surface area contributed by atoms with Crippen molar-refractivity contribution in [3.05, 3.63) is 24.2 Å². The van der Waals surface area contributed by atoms with E-state index in [0.29, 0.717) is 0 Å². The fraction of sp³-hybridized carbons (Fsp3) is 0.667. The van der Waals surface area contributed by atoms with Gasteiger partial charge in [-0.2, -0.15) is 0 Å². The van der Waals surface area contributed by atoms with Crippen molar-refractivity contribution in [2.75, 3.05) is 13.1 Å². The Balaban J connectivity index is 1.88. The van der Waals surface area contributed by atoms with Gasteiger partial charge in [-0.3, -0.25) is 9.69 Å². The third-order valence-electron chi connectivity index (χ3n) is 4.71. The van der Waals surface area contributed by atoms with E-state index in [1.54, 1.807) is 6.26 Å². The van der Waals surface area contributed by atoms with Crippen LogP contribution in [0.15, 0.2) is 22.8 Å². The topological polar surface area (TPSA) is 71.5 Å². The fourth-order valence-corrected chi connectivity index (χ4v) is 3.63. The van der Waals surface area contributed by atoms with Crippen molar-refractivity contribution in [1.82, 2.24) is 10.2 Å². The van der Waals surface area contributed by atoms with Gasteiger partial charge in [0, 0.05) is 18.6 Å². The molecule has 5 heteroatoms. The van der Waals surface area contributed by atoms with Crippen LogP contribution in [0.4, 0.5) is 0 Å². The van der Waals surface area contributed by atoms with Gasteiger partial charge in [-0.05, 0) is 37.9 Å². The third-order valence-corrected chi connectivity index (χ3v) is 4.71. The lowest BCUT2D eigenvalue weighted by Crippen LogP contribution is -2.51. The summed E-state index contributed by atoms with van der Waals surface area (Å²) < 4.78 is 5.62. The van der Waals surface area contributed by atoms with Gasteiger partial charge in [-0.25, -0.2) is 0 Å². The molecule has 0 aliphatic carbocycles. The van der Waals surface area contributed by atoms with Crippen molar-refractivity contribution in [3.8, 4) is 0 Å². The average Bonchev–Trinajstić information content (AvgIpc) is 3.10. The number of nitrogens with zero attached hydrogens (tertiary/aromatic N) is 1. The van der Waals surface area contributed by atoms with E-state index in [1.807, 2.05) is 12.1 Å². The number of hydrogen-bond donors (Lipinski definition) is 2. The third kappa shape index (κ3) is 2.25. The van der Waals surface area contributed by atoms with Gasteiger partial charge < -0.3 is 15.5 Å². The monoisotopic (exact) mass is 277 g/mol. The summed E-state index contributed by atoms with van der Waals surface area (Å²) >= 11 is 0. The van der Waals surface area contributed by atoms with Crippen molar-refractivity contribution >= 4 is 5.91 Å². The zero-order valence-corrected chi connectivity index (χ0v) is 11.9. The molecular formula is C15H23N3O2. The highest BCUT2D eigenvalue weighted by Crippen LogP contribution is 2.36. The van der Waals surface area contributed by atoms with E-state index in [2.05, 4.69) is 17.1 Å². The summed E-state index contributed by atoms with van der Waals surface area (Å²) in [4.78, 5) is 14.3. The minimum atomic E-state index is 0.0237. The Labute approximate surface area is 119 Å². The summed E-state index contributed by atoms with van der Waals surface area (Å²) in [5.41, 5.74) is 6.35. The number of nitrogens with one attached hydrogen (secondary N) is 1. The van der Waals surface area contributed by atoms with Crippen LogP contribution in [0.25, 0.3) is 0 Å². The van der Waals surface area contributed by atoms with Crippen LogP contribution in [0.2, 0.25) is 0 Å². The summed E-state index contributed by atoms with van der Waals surface area (Å²) in [6, 6.07) is 4.24. The second-order valence-corrected chi connectivity index (χ2v) is 5.83. The van der Waals surface area contributed by atoms with Crippen molar-refractivity contribution in [3.63, 3.8) is 0 Å². The maximum Gasteiger partial charge on any atom is 0.224 e. The lowest BCUT2D eigenvalue weighted by molar-refractivity contribution is -0.124. The molecule has 0 radical (unpaired) electrons. The highest BCUT2D eigenvalue weighted by molar-refractivity contribution is 5.82. The summed E-state index contributed by atoms with van der Waals surface area (Å²) in [5.74, 6) is 1.23. The van der Waals surface area contributed by atoms with Gasteiger partial charge in [0.1, 0.15) is 5.76 Å². The molecule has 4 unspecified atom stereocenters. The SMILES string of the molecule is CCC(N)C(c1ccco1)N1CCCC2C(=O)NCC21. The number of amides is 1. The van der Waals surface area contributed by atoms with E-state index in [0.717, 1.165) is 38.1 Å². The van der Waals surface area contributed by atoms with Crippen LogP contribution in [0.3, 0.4) is 0 Å². The van der Waals surface area contributed by atoms with E-state index in [4.69, 9.17) is 10.2 Å². The molecule has 20 heavy (non-hydrogen) atoms. The van der Waals surface area contributed by atoms with Crippen LogP contribution in [0.5, 0.6) is 0 Å². The molecule has 3 heterocycles. The van der Waals surface area contributed by atoms with Gasteiger partial charge >= 0.3 is 0 Å². The van der Waals surface area contributed by atoms with Gasteiger partial charge in [0.25, 0.3) is 0 Å². The lowest BCUT2D eigenvalue weighted by atomic mass is 9.88. The predicted octanol–water partition coefficient (Wildman–Crippen LogP) is 1.27. The largest absolute Gasteiger partial charge is 0.468 e. The lowest BCUT2D eigenvalue weighted by Gasteiger charge is -2.42. The first kappa shape index (κ1) is 13.6. The fourth-order valence-electron chi connectivity index (χ4n) is 3.63. The molecule has 0 bridgehead atoms. The van der Waals surface area contributed by atoms with Crippen LogP contribution in [-0.2, 0) is 4.79 Å². The maximum absolute atomic E-state index is 11.9.